The molecular formula is C15H20N4O5. The molecule has 0 spiro atoms. The van der Waals surface area contributed by atoms with E-state index in [0.29, 0.717) is 0 Å². The molecule has 0 radical (unpaired) electrons. The van der Waals surface area contributed by atoms with Crippen LogP contribution >= 0.6 is 0 Å². The van der Waals surface area contributed by atoms with Crippen molar-refractivity contribution < 1.29 is 24.3 Å². The molecule has 9 nitrogen and oxygen atoms in total. The summed E-state index contributed by atoms with van der Waals surface area (Å²) < 4.78 is 0. The third-order valence-corrected chi connectivity index (χ3v) is 3.24. The average molecular weight is 336 g/mol. The van der Waals surface area contributed by atoms with E-state index in [1.54, 1.807) is 18.2 Å². The van der Waals surface area contributed by atoms with Crippen molar-refractivity contribution in [2.75, 3.05) is 5.73 Å². The molecule has 130 valence electrons. The number of para-hydroxylation sites is 1. The number of hydrogen-bond donors (Lipinski definition) is 5. The van der Waals surface area contributed by atoms with Gasteiger partial charge in [0, 0.05) is 12.1 Å². The topological polar surface area (TPSA) is 165 Å². The van der Waals surface area contributed by atoms with Crippen molar-refractivity contribution in [1.29, 1.82) is 0 Å². The Balaban J connectivity index is 2.66. The zero-order valence-corrected chi connectivity index (χ0v) is 13.1. The van der Waals surface area contributed by atoms with Gasteiger partial charge in [-0.1, -0.05) is 12.1 Å². The summed E-state index contributed by atoms with van der Waals surface area (Å²) in [4.78, 5) is 45.9. The number of primary amides is 1. The second kappa shape index (κ2) is 8.51. The Morgan fingerprint density at radius 1 is 1.17 bits per heavy atom. The molecule has 0 aliphatic carbocycles. The van der Waals surface area contributed by atoms with Crippen LogP contribution in [0.1, 0.15) is 30.1 Å². The van der Waals surface area contributed by atoms with E-state index in [1.807, 2.05) is 0 Å². The van der Waals surface area contributed by atoms with Crippen LogP contribution in [0.25, 0.3) is 0 Å². The van der Waals surface area contributed by atoms with Crippen molar-refractivity contribution in [2.24, 2.45) is 5.73 Å². The highest BCUT2D eigenvalue weighted by Gasteiger charge is 2.24. The molecular weight excluding hydrogens is 316 g/mol. The molecule has 0 saturated heterocycles. The molecule has 9 heteroatoms. The van der Waals surface area contributed by atoms with Crippen LogP contribution in [0.3, 0.4) is 0 Å². The smallest absolute Gasteiger partial charge is 0.326 e. The molecule has 24 heavy (non-hydrogen) atoms. The first-order chi connectivity index (χ1) is 11.2. The lowest BCUT2D eigenvalue weighted by atomic mass is 10.1. The average Bonchev–Trinajstić information content (AvgIpc) is 2.50. The third kappa shape index (κ3) is 5.59. The maximum atomic E-state index is 12.1. The molecule has 0 aliphatic heterocycles. The second-order valence-corrected chi connectivity index (χ2v) is 5.19. The summed E-state index contributed by atoms with van der Waals surface area (Å²) in [7, 11) is 0. The third-order valence-electron chi connectivity index (χ3n) is 3.24. The minimum Gasteiger partial charge on any atom is -0.480 e. The number of nitrogen functional groups attached to an aromatic ring is 1. The van der Waals surface area contributed by atoms with Crippen LogP contribution in [0.2, 0.25) is 0 Å². The summed E-state index contributed by atoms with van der Waals surface area (Å²) in [5, 5.41) is 13.7. The zero-order chi connectivity index (χ0) is 18.3. The molecule has 0 bridgehead atoms. The van der Waals surface area contributed by atoms with Crippen LogP contribution in [0.4, 0.5) is 5.69 Å². The summed E-state index contributed by atoms with van der Waals surface area (Å²) in [6.45, 7) is 1.40. The lowest BCUT2D eigenvalue weighted by molar-refractivity contribution is -0.142. The van der Waals surface area contributed by atoms with Crippen molar-refractivity contribution in [3.63, 3.8) is 0 Å². The highest BCUT2D eigenvalue weighted by Crippen LogP contribution is 2.10. The Bertz CT molecular complexity index is 647. The van der Waals surface area contributed by atoms with Crippen LogP contribution < -0.4 is 22.1 Å². The molecule has 3 amide bonds. The first-order valence-electron chi connectivity index (χ1n) is 7.19. The van der Waals surface area contributed by atoms with Crippen molar-refractivity contribution in [3.05, 3.63) is 29.8 Å². The van der Waals surface area contributed by atoms with Gasteiger partial charge in [-0.15, -0.1) is 0 Å². The van der Waals surface area contributed by atoms with Gasteiger partial charge in [0.2, 0.25) is 11.8 Å². The monoisotopic (exact) mass is 336 g/mol. The fraction of sp³-hybridized carbons (Fsp3) is 0.333. The second-order valence-electron chi connectivity index (χ2n) is 5.19. The first-order valence-corrected chi connectivity index (χ1v) is 7.19. The number of hydrogen-bond acceptors (Lipinski definition) is 5. The Hall–Kier alpha value is -3.10. The maximum Gasteiger partial charge on any atom is 0.326 e. The Morgan fingerprint density at radius 3 is 2.33 bits per heavy atom. The predicted octanol–water partition coefficient (Wildman–Crippen LogP) is -0.778. The van der Waals surface area contributed by atoms with Crippen LogP contribution in [0.15, 0.2) is 24.3 Å². The van der Waals surface area contributed by atoms with Gasteiger partial charge >= 0.3 is 5.97 Å². The summed E-state index contributed by atoms with van der Waals surface area (Å²) in [6.07, 6.45) is -0.318. The molecule has 0 aliphatic rings. The van der Waals surface area contributed by atoms with Gasteiger partial charge in [-0.2, -0.15) is 0 Å². The lowest BCUT2D eigenvalue weighted by Crippen LogP contribution is -2.50. The number of nitrogens with one attached hydrogen (secondary N) is 2. The van der Waals surface area contributed by atoms with Gasteiger partial charge < -0.3 is 27.2 Å². The minimum absolute atomic E-state index is 0.136. The molecule has 0 unspecified atom stereocenters. The number of carbonyl (C=O) groups is 4. The van der Waals surface area contributed by atoms with E-state index >= 15 is 0 Å². The molecule has 1 aromatic carbocycles. The summed E-state index contributed by atoms with van der Waals surface area (Å²) in [5.74, 6) is -3.22. The van der Waals surface area contributed by atoms with Gasteiger partial charge in [-0.05, 0) is 25.5 Å². The summed E-state index contributed by atoms with van der Waals surface area (Å²) in [6, 6.07) is 4.07. The van der Waals surface area contributed by atoms with Gasteiger partial charge in [0.1, 0.15) is 12.1 Å². The number of nitrogens with two attached hydrogens (primary N) is 2. The standard InChI is InChI=1S/C15H20N4O5/c1-8(18-14(22)9-4-2-3-5-10(9)16)13(21)19-11(15(23)24)6-7-12(17)20/h2-5,8,11H,6-7,16H2,1H3,(H2,17,20)(H,18,22)(H,19,21)(H,23,24)/t8-,11+/m1/s1. The number of rotatable bonds is 8. The van der Waals surface area contributed by atoms with Crippen molar-refractivity contribution in [3.8, 4) is 0 Å². The quantitative estimate of drug-likeness (QED) is 0.391. The van der Waals surface area contributed by atoms with Crippen LogP contribution in [0, 0.1) is 0 Å². The van der Waals surface area contributed by atoms with E-state index in [0.717, 1.165) is 0 Å². The van der Waals surface area contributed by atoms with E-state index in [1.165, 1.54) is 13.0 Å². The van der Waals surface area contributed by atoms with Gasteiger partial charge in [0.25, 0.3) is 5.91 Å². The van der Waals surface area contributed by atoms with Crippen LogP contribution in [0.5, 0.6) is 0 Å². The number of benzene rings is 1. The molecule has 1 rings (SSSR count). The Morgan fingerprint density at radius 2 is 1.79 bits per heavy atom. The van der Waals surface area contributed by atoms with E-state index in [2.05, 4.69) is 10.6 Å². The SMILES string of the molecule is C[C@@H](NC(=O)c1ccccc1N)C(=O)N[C@@H](CCC(N)=O)C(=O)O. The minimum atomic E-state index is -1.30. The number of amides is 3. The largest absolute Gasteiger partial charge is 0.480 e. The Labute approximate surface area is 138 Å². The molecule has 1 aromatic rings. The van der Waals surface area contributed by atoms with Crippen LogP contribution in [-0.2, 0) is 14.4 Å². The van der Waals surface area contributed by atoms with E-state index < -0.39 is 35.8 Å². The van der Waals surface area contributed by atoms with Crippen LogP contribution in [-0.4, -0.2) is 40.9 Å². The van der Waals surface area contributed by atoms with Gasteiger partial charge in [-0.25, -0.2) is 4.79 Å². The zero-order valence-electron chi connectivity index (χ0n) is 13.1. The van der Waals surface area contributed by atoms with E-state index in [9.17, 15) is 19.2 Å². The van der Waals surface area contributed by atoms with Crippen molar-refractivity contribution in [2.45, 2.75) is 31.8 Å². The van der Waals surface area contributed by atoms with Crippen molar-refractivity contribution in [1.82, 2.24) is 10.6 Å². The lowest BCUT2D eigenvalue weighted by Gasteiger charge is -2.18. The number of carboxylic acids is 1. The summed E-state index contributed by atoms with van der Waals surface area (Å²) in [5.41, 5.74) is 11.1. The molecule has 0 saturated carbocycles. The molecule has 0 aromatic heterocycles. The highest BCUT2D eigenvalue weighted by molar-refractivity contribution is 6.01. The maximum absolute atomic E-state index is 12.1. The van der Waals surface area contributed by atoms with Crippen molar-refractivity contribution >= 4 is 29.4 Å². The normalized spacial score (nSPS) is 12.7. The first kappa shape index (κ1) is 18.9. The van der Waals surface area contributed by atoms with E-state index in [-0.39, 0.29) is 24.1 Å². The predicted molar refractivity (Wildman–Crippen MR) is 85.8 cm³/mol. The molecule has 2 atom stereocenters. The fourth-order valence-electron chi connectivity index (χ4n) is 1.88. The van der Waals surface area contributed by atoms with E-state index in [4.69, 9.17) is 16.6 Å². The Kier molecular flexibility index (Phi) is 6.72. The number of carboxylic acid groups (broad SMARTS) is 1. The summed E-state index contributed by atoms with van der Waals surface area (Å²) >= 11 is 0. The fourth-order valence-corrected chi connectivity index (χ4v) is 1.88. The highest BCUT2D eigenvalue weighted by atomic mass is 16.4. The van der Waals surface area contributed by atoms with Gasteiger partial charge in [-0.3, -0.25) is 14.4 Å². The molecule has 0 fully saturated rings. The molecule has 0 heterocycles. The number of carbonyl (C=O) groups excluding carboxylic acids is 3. The van der Waals surface area contributed by atoms with Gasteiger partial charge in [0.15, 0.2) is 0 Å². The molecule has 7 N–H and O–H groups in total. The number of aliphatic carboxylic acids is 1. The van der Waals surface area contributed by atoms with Gasteiger partial charge in [0.05, 0.1) is 5.56 Å². The number of anilines is 1.